The number of thiazole rings is 1. The lowest BCUT2D eigenvalue weighted by Crippen LogP contribution is -1.86. The third kappa shape index (κ3) is 2.60. The molecule has 0 saturated carbocycles. The van der Waals surface area contributed by atoms with Crippen molar-refractivity contribution in [2.45, 2.75) is 4.90 Å². The number of benzene rings is 2. The number of para-hydroxylation sites is 2. The highest BCUT2D eigenvalue weighted by molar-refractivity contribution is 8.03. The molecule has 4 heteroatoms. The zero-order valence-corrected chi connectivity index (χ0v) is 12.7. The van der Waals surface area contributed by atoms with Gasteiger partial charge in [0.05, 0.1) is 20.9 Å². The third-order valence-corrected chi connectivity index (χ3v) is 5.20. The van der Waals surface area contributed by atoms with E-state index in [0.29, 0.717) is 0 Å². The number of hydrogen-bond donors (Lipinski definition) is 1. The van der Waals surface area contributed by atoms with E-state index in [2.05, 4.69) is 52.8 Å². The number of nitrogens with zero attached hydrogens (tertiary/aromatic N) is 1. The molecule has 3 aromatic rings. The number of nitrogens with one attached hydrogen (secondary N) is 1. The fourth-order valence-corrected chi connectivity index (χ4v) is 3.99. The van der Waals surface area contributed by atoms with Gasteiger partial charge in [-0.3, -0.25) is 0 Å². The van der Waals surface area contributed by atoms with Crippen LogP contribution in [-0.4, -0.2) is 4.98 Å². The smallest absolute Gasteiger partial charge is 0.117 e. The van der Waals surface area contributed by atoms with E-state index in [9.17, 15) is 0 Å². The van der Waals surface area contributed by atoms with Crippen LogP contribution in [0, 0.1) is 0 Å². The number of aromatic nitrogens is 1. The topological polar surface area (TPSA) is 24.9 Å². The second-order valence-corrected chi connectivity index (χ2v) is 6.78. The van der Waals surface area contributed by atoms with E-state index in [1.807, 2.05) is 24.3 Å². The second kappa shape index (κ2) is 5.39. The molecule has 0 atom stereocenters. The van der Waals surface area contributed by atoms with Crippen LogP contribution in [0.25, 0.3) is 16.3 Å². The Hall–Kier alpha value is -2.04. The predicted octanol–water partition coefficient (Wildman–Crippen LogP) is 5.37. The molecule has 0 unspecified atom stereocenters. The van der Waals surface area contributed by atoms with Crippen LogP contribution in [0.2, 0.25) is 0 Å². The van der Waals surface area contributed by atoms with Crippen LogP contribution in [0.4, 0.5) is 5.69 Å². The normalized spacial score (nSPS) is 15.7. The van der Waals surface area contributed by atoms with Crippen LogP contribution >= 0.6 is 23.1 Å². The summed E-state index contributed by atoms with van der Waals surface area (Å²) in [4.78, 5) is 5.87. The molecule has 0 amide bonds. The van der Waals surface area contributed by atoms with Crippen LogP contribution in [0.3, 0.4) is 0 Å². The van der Waals surface area contributed by atoms with Crippen LogP contribution < -0.4 is 5.32 Å². The quantitative estimate of drug-likeness (QED) is 0.689. The summed E-state index contributed by atoms with van der Waals surface area (Å²) in [6.45, 7) is 0. The van der Waals surface area contributed by atoms with E-state index < -0.39 is 0 Å². The highest BCUT2D eigenvalue weighted by Crippen LogP contribution is 2.40. The summed E-state index contributed by atoms with van der Waals surface area (Å²) in [5, 5.41) is 5.59. The molecule has 2 aromatic carbocycles. The fraction of sp³-hybridized carbons (Fsp3) is 0. The number of rotatable bonds is 2. The lowest BCUT2D eigenvalue weighted by atomic mass is 10.3. The Kier molecular flexibility index (Phi) is 3.25. The van der Waals surface area contributed by atoms with Gasteiger partial charge in [-0.25, -0.2) is 4.98 Å². The van der Waals surface area contributed by atoms with E-state index >= 15 is 0 Å². The molecule has 1 N–H and O–H groups in total. The zero-order chi connectivity index (χ0) is 14.1. The van der Waals surface area contributed by atoms with Gasteiger partial charge in [-0.2, -0.15) is 0 Å². The van der Waals surface area contributed by atoms with Crippen LogP contribution in [0.5, 0.6) is 0 Å². The van der Waals surface area contributed by atoms with Crippen molar-refractivity contribution in [2.75, 3.05) is 5.32 Å². The molecular formula is C17H12N2S2. The summed E-state index contributed by atoms with van der Waals surface area (Å²) in [6, 6.07) is 16.6. The van der Waals surface area contributed by atoms with Crippen molar-refractivity contribution in [3.63, 3.8) is 0 Å². The number of allylic oxidation sites excluding steroid dienone is 2. The molecule has 4 rings (SSSR count). The van der Waals surface area contributed by atoms with Gasteiger partial charge < -0.3 is 5.32 Å². The minimum atomic E-state index is 1.04. The van der Waals surface area contributed by atoms with Crippen molar-refractivity contribution >= 4 is 45.1 Å². The largest absolute Gasteiger partial charge is 0.349 e. The zero-order valence-electron chi connectivity index (χ0n) is 11.1. The van der Waals surface area contributed by atoms with Crippen molar-refractivity contribution in [1.82, 2.24) is 4.98 Å². The number of anilines is 1. The fourth-order valence-electron chi connectivity index (χ4n) is 2.19. The summed E-state index contributed by atoms with van der Waals surface area (Å²) in [6.07, 6.45) is 6.21. The lowest BCUT2D eigenvalue weighted by Gasteiger charge is -1.95. The molecule has 0 saturated heterocycles. The summed E-state index contributed by atoms with van der Waals surface area (Å²) < 4.78 is 1.23. The van der Waals surface area contributed by atoms with Gasteiger partial charge in [0, 0.05) is 4.90 Å². The molecule has 0 radical (unpaired) electrons. The number of thioether (sulfide) groups is 1. The molecule has 0 spiro atoms. The lowest BCUT2D eigenvalue weighted by molar-refractivity contribution is 1.46. The molecule has 0 bridgehead atoms. The van der Waals surface area contributed by atoms with Crippen LogP contribution in [-0.2, 0) is 0 Å². The van der Waals surface area contributed by atoms with E-state index in [1.54, 1.807) is 23.1 Å². The van der Waals surface area contributed by atoms with E-state index in [4.69, 9.17) is 0 Å². The Balaban J connectivity index is 1.53. The maximum absolute atomic E-state index is 4.59. The highest BCUT2D eigenvalue weighted by atomic mass is 32.2. The number of fused-ring (bicyclic) bond motifs is 2. The maximum atomic E-state index is 4.59. The summed E-state index contributed by atoms with van der Waals surface area (Å²) in [5.41, 5.74) is 2.25. The Morgan fingerprint density at radius 2 is 1.86 bits per heavy atom. The summed E-state index contributed by atoms with van der Waals surface area (Å²) in [5.74, 6) is 0. The van der Waals surface area contributed by atoms with Crippen LogP contribution in [0.15, 0.2) is 70.6 Å². The van der Waals surface area contributed by atoms with Crippen molar-refractivity contribution in [3.8, 4) is 0 Å². The Labute approximate surface area is 131 Å². The molecule has 1 aromatic heterocycles. The first-order valence-corrected chi connectivity index (χ1v) is 8.30. The standard InChI is InChI=1S/C17H12N2S2/c1-3-8-14-12(6-1)18-16(20-14)10-5-11-17-19-13-7-2-4-9-15(13)21-17/h1-11,18H. The van der Waals surface area contributed by atoms with Gasteiger partial charge in [0.25, 0.3) is 0 Å². The Morgan fingerprint density at radius 1 is 1.00 bits per heavy atom. The highest BCUT2D eigenvalue weighted by Gasteiger charge is 2.13. The van der Waals surface area contributed by atoms with Crippen molar-refractivity contribution < 1.29 is 0 Å². The Bertz CT molecular complexity index is 802. The van der Waals surface area contributed by atoms with E-state index in [0.717, 1.165) is 15.6 Å². The van der Waals surface area contributed by atoms with Crippen LogP contribution in [0.1, 0.15) is 5.01 Å². The van der Waals surface area contributed by atoms with Crippen molar-refractivity contribution in [2.24, 2.45) is 0 Å². The molecule has 0 fully saturated rings. The minimum Gasteiger partial charge on any atom is -0.349 e. The number of hydrogen-bond acceptors (Lipinski definition) is 4. The maximum Gasteiger partial charge on any atom is 0.117 e. The molecule has 21 heavy (non-hydrogen) atoms. The predicted molar refractivity (Wildman–Crippen MR) is 92.7 cm³/mol. The minimum absolute atomic E-state index is 1.04. The summed E-state index contributed by atoms with van der Waals surface area (Å²) >= 11 is 3.47. The third-order valence-electron chi connectivity index (χ3n) is 3.16. The Morgan fingerprint density at radius 3 is 2.76 bits per heavy atom. The molecule has 1 aliphatic rings. The first kappa shape index (κ1) is 12.7. The van der Waals surface area contributed by atoms with Gasteiger partial charge in [-0.05, 0) is 36.4 Å². The van der Waals surface area contributed by atoms with E-state index in [-0.39, 0.29) is 0 Å². The molecule has 0 aliphatic carbocycles. The van der Waals surface area contributed by atoms with Gasteiger partial charge in [0.1, 0.15) is 5.01 Å². The van der Waals surface area contributed by atoms with Crippen molar-refractivity contribution in [3.05, 3.63) is 70.7 Å². The van der Waals surface area contributed by atoms with Gasteiger partial charge in [0.15, 0.2) is 0 Å². The SMILES string of the molecule is C(=Cc1nc2ccccc2s1)C=C1Nc2ccccc2S1. The first-order valence-electron chi connectivity index (χ1n) is 6.66. The second-order valence-electron chi connectivity index (χ2n) is 4.63. The molecule has 2 heterocycles. The average Bonchev–Trinajstić information content (AvgIpc) is 3.09. The van der Waals surface area contributed by atoms with Gasteiger partial charge >= 0.3 is 0 Å². The first-order chi connectivity index (χ1) is 10.4. The summed E-state index contributed by atoms with van der Waals surface area (Å²) in [7, 11) is 0. The van der Waals surface area contributed by atoms with Gasteiger partial charge in [0.2, 0.25) is 0 Å². The van der Waals surface area contributed by atoms with Gasteiger partial charge in [-0.15, -0.1) is 11.3 Å². The average molecular weight is 308 g/mol. The van der Waals surface area contributed by atoms with Gasteiger partial charge in [-0.1, -0.05) is 42.1 Å². The molecule has 2 nitrogen and oxygen atoms in total. The monoisotopic (exact) mass is 308 g/mol. The van der Waals surface area contributed by atoms with Crippen molar-refractivity contribution in [1.29, 1.82) is 0 Å². The molecule has 102 valence electrons. The molecular weight excluding hydrogens is 296 g/mol. The molecule has 1 aliphatic heterocycles. The van der Waals surface area contributed by atoms with E-state index in [1.165, 1.54) is 15.3 Å².